The zero-order valence-electron chi connectivity index (χ0n) is 21.4. The average molecular weight is 514 g/mol. The van der Waals surface area contributed by atoms with E-state index in [1.54, 1.807) is 44.2 Å². The number of carbonyl (C=O) groups is 1. The van der Waals surface area contributed by atoms with Gasteiger partial charge in [-0.3, -0.25) is 0 Å². The lowest BCUT2D eigenvalue weighted by Crippen LogP contribution is -2.46. The first kappa shape index (κ1) is 28.2. The topological polar surface area (TPSA) is 88.0 Å². The fraction of sp³-hybridized carbons (Fsp3) is 0.345. The van der Waals surface area contributed by atoms with Gasteiger partial charge in [0.2, 0.25) is 0 Å². The third-order valence-electron chi connectivity index (χ3n) is 5.99. The number of hydrogen-bond donors (Lipinski definition) is 3. The third-order valence-corrected chi connectivity index (χ3v) is 5.99. The van der Waals surface area contributed by atoms with Crippen LogP contribution in [0.4, 0.5) is 8.78 Å². The number of nitrogens with one attached hydrogen (secondary N) is 1. The van der Waals surface area contributed by atoms with Gasteiger partial charge in [-0.15, -0.1) is 0 Å². The SMILES string of the molecule is Cc1ccc(CC(C)(C)NC[C@H](O)COC(C)c2ccccc2Oc2ccc(C(=O)O)cc2F)cc1F. The van der Waals surface area contributed by atoms with Crippen molar-refractivity contribution in [3.63, 3.8) is 0 Å². The van der Waals surface area contributed by atoms with Crippen molar-refractivity contribution in [1.82, 2.24) is 5.32 Å². The zero-order chi connectivity index (χ0) is 27.2. The summed E-state index contributed by atoms with van der Waals surface area (Å²) in [6.45, 7) is 7.80. The Morgan fingerprint density at radius 3 is 2.43 bits per heavy atom. The summed E-state index contributed by atoms with van der Waals surface area (Å²) in [5, 5.41) is 22.8. The van der Waals surface area contributed by atoms with Gasteiger partial charge < -0.3 is 25.0 Å². The summed E-state index contributed by atoms with van der Waals surface area (Å²) in [6.07, 6.45) is -0.690. The Morgan fingerprint density at radius 2 is 1.76 bits per heavy atom. The number of hydrogen-bond acceptors (Lipinski definition) is 5. The maximum Gasteiger partial charge on any atom is 0.335 e. The number of benzene rings is 3. The van der Waals surface area contributed by atoms with Gasteiger partial charge in [-0.05, 0) is 75.6 Å². The zero-order valence-corrected chi connectivity index (χ0v) is 21.4. The van der Waals surface area contributed by atoms with E-state index in [-0.39, 0.29) is 35.8 Å². The standard InChI is InChI=1S/C29H33F2NO5/c1-18-9-10-20(13-24(18)30)15-29(3,4)32-16-22(33)17-36-19(2)23-7-5-6-8-26(23)37-27-12-11-21(28(34)35)14-25(27)31/h5-14,19,22,32-33H,15-17H2,1-4H3,(H,34,35)/t19?,22-/m0/s1. The number of para-hydroxylation sites is 1. The molecule has 0 bridgehead atoms. The molecule has 0 aliphatic carbocycles. The first-order valence-electron chi connectivity index (χ1n) is 12.0. The predicted molar refractivity (Wildman–Crippen MR) is 137 cm³/mol. The number of β-amino-alcohol motifs (C(OH)–C–C–N with tert-alkyl or cyclic N) is 1. The number of carboxylic acids is 1. The van der Waals surface area contributed by atoms with Crippen molar-refractivity contribution in [3.8, 4) is 11.5 Å². The van der Waals surface area contributed by atoms with Crippen molar-refractivity contribution in [1.29, 1.82) is 0 Å². The second kappa shape index (κ2) is 12.3. The summed E-state index contributed by atoms with van der Waals surface area (Å²) in [6, 6.07) is 15.6. The predicted octanol–water partition coefficient (Wildman–Crippen LogP) is 5.81. The lowest BCUT2D eigenvalue weighted by molar-refractivity contribution is -0.00483. The molecule has 3 aromatic carbocycles. The number of carboxylic acid groups (broad SMARTS) is 1. The number of aliphatic hydroxyl groups is 1. The quantitative estimate of drug-likeness (QED) is 0.283. The van der Waals surface area contributed by atoms with Crippen LogP contribution in [-0.4, -0.2) is 41.0 Å². The van der Waals surface area contributed by atoms with E-state index in [2.05, 4.69) is 5.32 Å². The van der Waals surface area contributed by atoms with Crippen LogP contribution in [0.1, 0.15) is 53.9 Å². The van der Waals surface area contributed by atoms with Crippen LogP contribution in [0.15, 0.2) is 60.7 Å². The normalized spacial score (nSPS) is 13.3. The van der Waals surface area contributed by atoms with Gasteiger partial charge in [0, 0.05) is 17.6 Å². The minimum atomic E-state index is -1.23. The molecule has 3 N–H and O–H groups in total. The van der Waals surface area contributed by atoms with Crippen molar-refractivity contribution < 1.29 is 33.3 Å². The van der Waals surface area contributed by atoms with Crippen LogP contribution in [0.25, 0.3) is 0 Å². The Labute approximate surface area is 215 Å². The molecule has 0 spiro atoms. The Morgan fingerprint density at radius 1 is 1.03 bits per heavy atom. The summed E-state index contributed by atoms with van der Waals surface area (Å²) in [7, 11) is 0. The molecule has 3 aromatic rings. The molecular weight excluding hydrogens is 480 g/mol. The Bertz CT molecular complexity index is 1230. The summed E-state index contributed by atoms with van der Waals surface area (Å²) >= 11 is 0. The third kappa shape index (κ3) is 8.08. The molecule has 0 aromatic heterocycles. The van der Waals surface area contributed by atoms with Gasteiger partial charge in [-0.2, -0.15) is 0 Å². The molecule has 0 amide bonds. The fourth-order valence-electron chi connectivity index (χ4n) is 3.86. The Balaban J connectivity index is 1.55. The Kier molecular flexibility index (Phi) is 9.37. The summed E-state index contributed by atoms with van der Waals surface area (Å²) < 4.78 is 39.8. The van der Waals surface area contributed by atoms with Gasteiger partial charge in [-0.25, -0.2) is 13.6 Å². The minimum Gasteiger partial charge on any atom is -0.478 e. The number of aryl methyl sites for hydroxylation is 1. The molecule has 3 rings (SSSR count). The van der Waals surface area contributed by atoms with Crippen LogP contribution in [-0.2, 0) is 11.2 Å². The molecule has 0 radical (unpaired) electrons. The van der Waals surface area contributed by atoms with Crippen LogP contribution in [0.2, 0.25) is 0 Å². The van der Waals surface area contributed by atoms with Gasteiger partial charge >= 0.3 is 5.97 Å². The van der Waals surface area contributed by atoms with Crippen LogP contribution in [0, 0.1) is 18.6 Å². The summed E-state index contributed by atoms with van der Waals surface area (Å²) in [5.74, 6) is -2.00. The van der Waals surface area contributed by atoms with Crippen molar-refractivity contribution in [2.45, 2.75) is 51.9 Å². The maximum atomic E-state index is 14.4. The van der Waals surface area contributed by atoms with Gasteiger partial charge in [0.25, 0.3) is 0 Å². The van der Waals surface area contributed by atoms with Crippen LogP contribution in [0.5, 0.6) is 11.5 Å². The van der Waals surface area contributed by atoms with E-state index >= 15 is 0 Å². The maximum absolute atomic E-state index is 14.4. The molecule has 0 fully saturated rings. The van der Waals surface area contributed by atoms with E-state index in [4.69, 9.17) is 14.6 Å². The molecule has 6 nitrogen and oxygen atoms in total. The highest BCUT2D eigenvalue weighted by atomic mass is 19.1. The van der Waals surface area contributed by atoms with Crippen LogP contribution >= 0.6 is 0 Å². The largest absolute Gasteiger partial charge is 0.478 e. The lowest BCUT2D eigenvalue weighted by atomic mass is 9.94. The van der Waals surface area contributed by atoms with Crippen molar-refractivity contribution >= 4 is 5.97 Å². The van der Waals surface area contributed by atoms with Gasteiger partial charge in [0.1, 0.15) is 11.6 Å². The minimum absolute atomic E-state index is 0.0411. The molecule has 0 saturated heterocycles. The fourth-order valence-corrected chi connectivity index (χ4v) is 3.86. The Hall–Kier alpha value is -3.33. The van der Waals surface area contributed by atoms with E-state index in [0.29, 0.717) is 23.3 Å². The van der Waals surface area contributed by atoms with E-state index in [1.807, 2.05) is 19.9 Å². The molecule has 0 saturated carbocycles. The first-order chi connectivity index (χ1) is 17.4. The second-order valence-electron chi connectivity index (χ2n) is 9.74. The van der Waals surface area contributed by atoms with E-state index in [0.717, 1.165) is 11.6 Å². The molecule has 198 valence electrons. The first-order valence-corrected chi connectivity index (χ1v) is 12.0. The molecule has 0 aliphatic rings. The van der Waals surface area contributed by atoms with Gasteiger partial charge in [-0.1, -0.05) is 30.3 Å². The second-order valence-corrected chi connectivity index (χ2v) is 9.74. The number of rotatable bonds is 12. The molecule has 37 heavy (non-hydrogen) atoms. The molecule has 8 heteroatoms. The highest BCUT2D eigenvalue weighted by Gasteiger charge is 2.21. The molecule has 1 unspecified atom stereocenters. The smallest absolute Gasteiger partial charge is 0.335 e. The summed E-state index contributed by atoms with van der Waals surface area (Å²) in [5.41, 5.74) is 1.56. The molecule has 0 aliphatic heterocycles. The van der Waals surface area contributed by atoms with Crippen molar-refractivity contribution in [3.05, 3.63) is 94.6 Å². The van der Waals surface area contributed by atoms with Crippen molar-refractivity contribution in [2.75, 3.05) is 13.2 Å². The van der Waals surface area contributed by atoms with Crippen LogP contribution in [0.3, 0.4) is 0 Å². The molecule has 0 heterocycles. The number of aromatic carboxylic acids is 1. The van der Waals surface area contributed by atoms with E-state index in [1.165, 1.54) is 18.2 Å². The van der Waals surface area contributed by atoms with Gasteiger partial charge in [0.05, 0.1) is 24.4 Å². The van der Waals surface area contributed by atoms with Crippen LogP contribution < -0.4 is 10.1 Å². The number of aliphatic hydroxyl groups excluding tert-OH is 1. The number of ether oxygens (including phenoxy) is 2. The van der Waals surface area contributed by atoms with Crippen molar-refractivity contribution in [2.24, 2.45) is 0 Å². The average Bonchev–Trinajstić information content (AvgIpc) is 2.85. The highest BCUT2D eigenvalue weighted by molar-refractivity contribution is 5.87. The molecular formula is C29H33F2NO5. The van der Waals surface area contributed by atoms with E-state index in [9.17, 15) is 18.7 Å². The van der Waals surface area contributed by atoms with E-state index < -0.39 is 24.0 Å². The molecule has 2 atom stereocenters. The number of halogens is 2. The monoisotopic (exact) mass is 513 g/mol. The van der Waals surface area contributed by atoms with Gasteiger partial charge in [0.15, 0.2) is 11.6 Å². The lowest BCUT2D eigenvalue weighted by Gasteiger charge is -2.28. The summed E-state index contributed by atoms with van der Waals surface area (Å²) in [4.78, 5) is 11.0. The highest BCUT2D eigenvalue weighted by Crippen LogP contribution is 2.32.